The Bertz CT molecular complexity index is 535. The number of benzene rings is 1. The number of aromatic carboxylic acids is 1. The molecule has 1 heterocycles. The van der Waals surface area contributed by atoms with Crippen molar-refractivity contribution in [2.75, 3.05) is 0 Å². The van der Waals surface area contributed by atoms with Crippen LogP contribution in [0.2, 0.25) is 0 Å². The molecule has 2 rings (SSSR count). The number of nitrogens with zero attached hydrogens (tertiary/aromatic N) is 1. The number of aromatic nitrogens is 2. The molecule has 1 aromatic carbocycles. The van der Waals surface area contributed by atoms with E-state index in [-0.39, 0.29) is 11.3 Å². The van der Waals surface area contributed by atoms with Crippen molar-refractivity contribution < 1.29 is 18.7 Å². The molecule has 17 heavy (non-hydrogen) atoms. The van der Waals surface area contributed by atoms with Crippen molar-refractivity contribution in [3.8, 4) is 11.4 Å². The van der Waals surface area contributed by atoms with E-state index in [9.17, 15) is 13.6 Å². The van der Waals surface area contributed by atoms with E-state index in [4.69, 9.17) is 5.11 Å². The quantitative estimate of drug-likeness (QED) is 0.863. The number of carboxylic acid groups (broad SMARTS) is 1. The van der Waals surface area contributed by atoms with Gasteiger partial charge in [-0.25, -0.2) is 18.6 Å². The lowest BCUT2D eigenvalue weighted by molar-refractivity contribution is 0.0691. The zero-order valence-electron chi connectivity index (χ0n) is 8.52. The van der Waals surface area contributed by atoms with Gasteiger partial charge < -0.3 is 10.1 Å². The van der Waals surface area contributed by atoms with E-state index in [0.717, 1.165) is 0 Å². The van der Waals surface area contributed by atoms with Crippen LogP contribution in [-0.2, 0) is 0 Å². The van der Waals surface area contributed by atoms with Gasteiger partial charge in [-0.15, -0.1) is 0 Å². The van der Waals surface area contributed by atoms with Gasteiger partial charge in [-0.2, -0.15) is 0 Å². The van der Waals surface area contributed by atoms with Crippen LogP contribution in [0.25, 0.3) is 11.4 Å². The van der Waals surface area contributed by atoms with Gasteiger partial charge in [0.25, 0.3) is 6.43 Å². The summed E-state index contributed by atoms with van der Waals surface area (Å²) in [5.74, 6) is -0.781. The Morgan fingerprint density at radius 1 is 1.29 bits per heavy atom. The van der Waals surface area contributed by atoms with Crippen molar-refractivity contribution in [3.63, 3.8) is 0 Å². The van der Waals surface area contributed by atoms with Crippen molar-refractivity contribution in [3.05, 3.63) is 41.7 Å². The lowest BCUT2D eigenvalue weighted by atomic mass is 10.1. The Kier molecular flexibility index (Phi) is 2.86. The van der Waals surface area contributed by atoms with Gasteiger partial charge in [0.15, 0.2) is 0 Å². The molecule has 0 fully saturated rings. The van der Waals surface area contributed by atoms with Gasteiger partial charge in [0, 0.05) is 11.1 Å². The molecule has 0 saturated carbocycles. The Morgan fingerprint density at radius 2 is 1.94 bits per heavy atom. The van der Waals surface area contributed by atoms with E-state index in [2.05, 4.69) is 9.97 Å². The molecule has 0 bridgehead atoms. The van der Waals surface area contributed by atoms with Gasteiger partial charge in [0.1, 0.15) is 11.5 Å². The maximum Gasteiger partial charge on any atom is 0.353 e. The predicted molar refractivity (Wildman–Crippen MR) is 55.9 cm³/mol. The number of hydrogen-bond donors (Lipinski definition) is 2. The molecule has 0 saturated heterocycles. The van der Waals surface area contributed by atoms with Crippen molar-refractivity contribution in [1.29, 1.82) is 0 Å². The Balaban J connectivity index is 2.30. The number of halogens is 2. The highest BCUT2D eigenvalue weighted by Gasteiger charge is 2.10. The van der Waals surface area contributed by atoms with Crippen molar-refractivity contribution in [1.82, 2.24) is 9.97 Å². The summed E-state index contributed by atoms with van der Waals surface area (Å²) in [4.78, 5) is 17.1. The molecule has 1 aromatic heterocycles. The lowest BCUT2D eigenvalue weighted by Gasteiger charge is -2.00. The number of imidazole rings is 1. The van der Waals surface area contributed by atoms with Gasteiger partial charge >= 0.3 is 5.97 Å². The van der Waals surface area contributed by atoms with Crippen LogP contribution in [0.15, 0.2) is 30.5 Å². The Hall–Kier alpha value is -2.24. The normalized spacial score (nSPS) is 10.8. The molecule has 0 aliphatic rings. The summed E-state index contributed by atoms with van der Waals surface area (Å²) >= 11 is 0. The van der Waals surface area contributed by atoms with Gasteiger partial charge in [-0.1, -0.05) is 24.3 Å². The fourth-order valence-corrected chi connectivity index (χ4v) is 1.36. The Labute approximate surface area is 94.9 Å². The van der Waals surface area contributed by atoms with Crippen LogP contribution in [0.3, 0.4) is 0 Å². The molecule has 0 unspecified atom stereocenters. The van der Waals surface area contributed by atoms with E-state index in [1.54, 1.807) is 0 Å². The van der Waals surface area contributed by atoms with E-state index < -0.39 is 12.4 Å². The van der Waals surface area contributed by atoms with E-state index in [1.807, 2.05) is 0 Å². The van der Waals surface area contributed by atoms with Crippen LogP contribution in [0.1, 0.15) is 22.5 Å². The average Bonchev–Trinajstić information content (AvgIpc) is 2.78. The van der Waals surface area contributed by atoms with Crippen LogP contribution in [-0.4, -0.2) is 21.0 Å². The first-order chi connectivity index (χ1) is 8.08. The minimum absolute atomic E-state index is 0.0436. The first-order valence-electron chi connectivity index (χ1n) is 4.74. The third-order valence-electron chi connectivity index (χ3n) is 2.24. The first kappa shape index (κ1) is 11.3. The number of carboxylic acids is 1. The van der Waals surface area contributed by atoms with Crippen molar-refractivity contribution in [2.45, 2.75) is 6.43 Å². The molecule has 0 amide bonds. The number of hydrogen-bond acceptors (Lipinski definition) is 2. The largest absolute Gasteiger partial charge is 0.477 e. The molecular formula is C11H8F2N2O2. The fraction of sp³-hybridized carbons (Fsp3) is 0.0909. The second kappa shape index (κ2) is 4.32. The second-order valence-electron chi connectivity index (χ2n) is 3.37. The SMILES string of the molecule is O=C(O)c1cnc(-c2ccc(C(F)F)cc2)[nH]1. The van der Waals surface area contributed by atoms with Gasteiger partial charge in [-0.3, -0.25) is 0 Å². The highest BCUT2D eigenvalue weighted by molar-refractivity contribution is 5.85. The topological polar surface area (TPSA) is 66.0 Å². The molecule has 0 radical (unpaired) electrons. The molecule has 0 aliphatic carbocycles. The highest BCUT2D eigenvalue weighted by Crippen LogP contribution is 2.22. The third-order valence-corrected chi connectivity index (χ3v) is 2.24. The summed E-state index contributed by atoms with van der Waals surface area (Å²) in [5, 5.41) is 8.69. The predicted octanol–water partition coefficient (Wildman–Crippen LogP) is 2.71. The molecule has 0 aliphatic heterocycles. The number of carbonyl (C=O) groups is 1. The maximum atomic E-state index is 12.3. The number of nitrogens with one attached hydrogen (secondary N) is 1. The Morgan fingerprint density at radius 3 is 2.41 bits per heavy atom. The smallest absolute Gasteiger partial charge is 0.353 e. The average molecular weight is 238 g/mol. The van der Waals surface area contributed by atoms with E-state index in [1.165, 1.54) is 30.5 Å². The molecule has 4 nitrogen and oxygen atoms in total. The summed E-state index contributed by atoms with van der Waals surface area (Å²) < 4.78 is 24.6. The van der Waals surface area contributed by atoms with Crippen LogP contribution in [0.4, 0.5) is 8.78 Å². The van der Waals surface area contributed by atoms with Crippen molar-refractivity contribution >= 4 is 5.97 Å². The van der Waals surface area contributed by atoms with Crippen LogP contribution in [0, 0.1) is 0 Å². The highest BCUT2D eigenvalue weighted by atomic mass is 19.3. The minimum atomic E-state index is -2.52. The van der Waals surface area contributed by atoms with E-state index >= 15 is 0 Å². The zero-order chi connectivity index (χ0) is 12.4. The summed E-state index contributed by atoms with van der Waals surface area (Å²) in [6, 6.07) is 5.49. The monoisotopic (exact) mass is 238 g/mol. The van der Waals surface area contributed by atoms with Crippen molar-refractivity contribution in [2.24, 2.45) is 0 Å². The van der Waals surface area contributed by atoms with Gasteiger partial charge in [0.05, 0.1) is 6.20 Å². The number of alkyl halides is 2. The number of aromatic amines is 1. The molecule has 2 N–H and O–H groups in total. The summed E-state index contributed by atoms with van der Waals surface area (Å²) in [6.07, 6.45) is -1.34. The van der Waals surface area contributed by atoms with Crippen LogP contribution in [0.5, 0.6) is 0 Å². The molecule has 0 atom stereocenters. The molecule has 2 aromatic rings. The van der Waals surface area contributed by atoms with Gasteiger partial charge in [-0.05, 0) is 0 Å². The van der Waals surface area contributed by atoms with Crippen LogP contribution < -0.4 is 0 Å². The fourth-order valence-electron chi connectivity index (χ4n) is 1.36. The second-order valence-corrected chi connectivity index (χ2v) is 3.37. The zero-order valence-corrected chi connectivity index (χ0v) is 8.52. The summed E-state index contributed by atoms with van der Waals surface area (Å²) in [7, 11) is 0. The maximum absolute atomic E-state index is 12.3. The lowest BCUT2D eigenvalue weighted by Crippen LogP contribution is -1.95. The minimum Gasteiger partial charge on any atom is -0.477 e. The molecule has 6 heteroatoms. The van der Waals surface area contributed by atoms with E-state index in [0.29, 0.717) is 11.4 Å². The number of H-pyrrole nitrogens is 1. The summed E-state index contributed by atoms with van der Waals surface area (Å²) in [6.45, 7) is 0. The summed E-state index contributed by atoms with van der Waals surface area (Å²) in [5.41, 5.74) is 0.429. The van der Waals surface area contributed by atoms with Crippen LogP contribution >= 0.6 is 0 Å². The number of rotatable bonds is 3. The molecule has 0 spiro atoms. The molecule has 88 valence electrons. The molecular weight excluding hydrogens is 230 g/mol. The standard InChI is InChI=1S/C11H8F2N2O2/c12-9(13)6-1-3-7(4-2-6)10-14-5-8(15-10)11(16)17/h1-5,9H,(H,14,15)(H,16,17). The third kappa shape index (κ3) is 2.30. The first-order valence-corrected chi connectivity index (χ1v) is 4.74. The van der Waals surface area contributed by atoms with Gasteiger partial charge in [0.2, 0.25) is 0 Å².